The summed E-state index contributed by atoms with van der Waals surface area (Å²) in [5.41, 5.74) is 0.563. The Morgan fingerprint density at radius 3 is 2.55 bits per heavy atom. The zero-order chi connectivity index (χ0) is 15.3. The molecular formula is C12H14BrF3N2OS. The first-order chi connectivity index (χ1) is 9.17. The summed E-state index contributed by atoms with van der Waals surface area (Å²) in [7, 11) is 0. The van der Waals surface area contributed by atoms with Crippen LogP contribution in [0.2, 0.25) is 0 Å². The van der Waals surface area contributed by atoms with E-state index in [0.29, 0.717) is 23.3 Å². The van der Waals surface area contributed by atoms with Gasteiger partial charge in [-0.1, -0.05) is 13.8 Å². The van der Waals surface area contributed by atoms with E-state index >= 15 is 0 Å². The van der Waals surface area contributed by atoms with E-state index in [0.717, 1.165) is 0 Å². The van der Waals surface area contributed by atoms with E-state index in [1.54, 1.807) is 0 Å². The molecule has 0 unspecified atom stereocenters. The molecule has 1 aromatic rings. The van der Waals surface area contributed by atoms with Crippen LogP contribution in [-0.2, 0) is 0 Å². The normalized spacial score (nSPS) is 11.3. The van der Waals surface area contributed by atoms with E-state index in [1.165, 1.54) is 18.2 Å². The van der Waals surface area contributed by atoms with Gasteiger partial charge in [-0.2, -0.15) is 0 Å². The third kappa shape index (κ3) is 6.42. The predicted molar refractivity (Wildman–Crippen MR) is 79.9 cm³/mol. The molecule has 0 aliphatic heterocycles. The van der Waals surface area contributed by atoms with Gasteiger partial charge in [0.2, 0.25) is 0 Å². The van der Waals surface area contributed by atoms with Crippen LogP contribution in [0.1, 0.15) is 13.8 Å². The van der Waals surface area contributed by atoms with E-state index < -0.39 is 6.36 Å². The molecule has 0 heterocycles. The second-order valence-electron chi connectivity index (χ2n) is 4.42. The first-order valence-electron chi connectivity index (χ1n) is 5.77. The van der Waals surface area contributed by atoms with Crippen LogP contribution in [0.4, 0.5) is 18.9 Å². The molecule has 2 N–H and O–H groups in total. The topological polar surface area (TPSA) is 33.3 Å². The molecule has 0 amide bonds. The number of hydrogen-bond donors (Lipinski definition) is 2. The number of nitrogens with one attached hydrogen (secondary N) is 2. The number of ether oxygens (including phenoxy) is 1. The van der Waals surface area contributed by atoms with Crippen molar-refractivity contribution in [3.8, 4) is 5.75 Å². The molecule has 3 nitrogen and oxygen atoms in total. The first kappa shape index (κ1) is 17.0. The molecule has 0 bridgehead atoms. The van der Waals surface area contributed by atoms with Gasteiger partial charge in [-0.3, -0.25) is 0 Å². The molecule has 0 fully saturated rings. The first-order valence-corrected chi connectivity index (χ1v) is 6.97. The minimum absolute atomic E-state index is 0.187. The molecular weight excluding hydrogens is 357 g/mol. The van der Waals surface area contributed by atoms with Gasteiger partial charge in [-0.05, 0) is 52.3 Å². The van der Waals surface area contributed by atoms with Crippen LogP contribution in [-0.4, -0.2) is 18.0 Å². The molecule has 1 rings (SSSR count). The summed E-state index contributed by atoms with van der Waals surface area (Å²) in [6, 6.07) is 4.13. The minimum Gasteiger partial charge on any atom is -0.405 e. The highest BCUT2D eigenvalue weighted by atomic mass is 79.9. The summed E-state index contributed by atoms with van der Waals surface area (Å²) < 4.78 is 40.4. The number of anilines is 1. The fourth-order valence-electron chi connectivity index (χ4n) is 1.26. The van der Waals surface area contributed by atoms with Gasteiger partial charge in [0, 0.05) is 12.2 Å². The minimum atomic E-state index is -4.72. The van der Waals surface area contributed by atoms with Gasteiger partial charge in [0.05, 0.1) is 4.47 Å². The van der Waals surface area contributed by atoms with Gasteiger partial charge in [-0.25, -0.2) is 0 Å². The Morgan fingerprint density at radius 1 is 1.40 bits per heavy atom. The van der Waals surface area contributed by atoms with Crippen LogP contribution >= 0.6 is 28.1 Å². The fraction of sp³-hybridized carbons (Fsp3) is 0.417. The smallest absolute Gasteiger partial charge is 0.405 e. The molecule has 0 aromatic heterocycles. The Balaban J connectivity index is 2.65. The van der Waals surface area contributed by atoms with Crippen molar-refractivity contribution in [1.82, 2.24) is 5.32 Å². The zero-order valence-corrected chi connectivity index (χ0v) is 13.2. The van der Waals surface area contributed by atoms with Gasteiger partial charge < -0.3 is 15.4 Å². The highest BCUT2D eigenvalue weighted by molar-refractivity contribution is 9.10. The van der Waals surface area contributed by atoms with E-state index in [9.17, 15) is 13.2 Å². The second-order valence-corrected chi connectivity index (χ2v) is 5.68. The van der Waals surface area contributed by atoms with Crippen molar-refractivity contribution in [3.05, 3.63) is 22.7 Å². The summed E-state index contributed by atoms with van der Waals surface area (Å²) >= 11 is 8.09. The highest BCUT2D eigenvalue weighted by Crippen LogP contribution is 2.32. The molecule has 0 aliphatic rings. The van der Waals surface area contributed by atoms with Crippen molar-refractivity contribution in [3.63, 3.8) is 0 Å². The largest absolute Gasteiger partial charge is 0.573 e. The summed E-state index contributed by atoms with van der Waals surface area (Å²) in [6.45, 7) is 4.78. The average molecular weight is 371 g/mol. The maximum absolute atomic E-state index is 12.1. The Labute approximate surface area is 129 Å². The summed E-state index contributed by atoms with van der Waals surface area (Å²) in [5, 5.41) is 6.29. The summed E-state index contributed by atoms with van der Waals surface area (Å²) in [6.07, 6.45) is -4.72. The van der Waals surface area contributed by atoms with E-state index in [1.807, 2.05) is 13.8 Å². The van der Waals surface area contributed by atoms with Crippen LogP contribution in [0.15, 0.2) is 22.7 Å². The van der Waals surface area contributed by atoms with Crippen molar-refractivity contribution in [2.75, 3.05) is 11.9 Å². The van der Waals surface area contributed by atoms with E-state index in [2.05, 4.69) is 31.3 Å². The van der Waals surface area contributed by atoms with Crippen LogP contribution in [0, 0.1) is 5.92 Å². The third-order valence-electron chi connectivity index (χ3n) is 2.09. The third-order valence-corrected chi connectivity index (χ3v) is 2.95. The zero-order valence-electron chi connectivity index (χ0n) is 10.8. The lowest BCUT2D eigenvalue weighted by atomic mass is 10.2. The number of thiocarbonyl (C=S) groups is 1. The second kappa shape index (κ2) is 7.12. The quantitative estimate of drug-likeness (QED) is 0.774. The molecule has 0 saturated heterocycles. The average Bonchev–Trinajstić information content (AvgIpc) is 2.28. The van der Waals surface area contributed by atoms with Crippen molar-refractivity contribution in [2.24, 2.45) is 5.92 Å². The molecule has 0 saturated carbocycles. The standard InChI is InChI=1S/C12H14BrF3N2OS/c1-7(2)6-17-11(20)18-8-3-4-10(9(13)5-8)19-12(14,15)16/h3-5,7H,6H2,1-2H3,(H2,17,18,20). The number of benzene rings is 1. The van der Waals surface area contributed by atoms with Gasteiger partial charge in [0.25, 0.3) is 0 Å². The van der Waals surface area contributed by atoms with Crippen molar-refractivity contribution < 1.29 is 17.9 Å². The summed E-state index contributed by atoms with van der Waals surface area (Å²) in [5.74, 6) is 0.133. The Bertz CT molecular complexity index is 480. The van der Waals surface area contributed by atoms with Crippen LogP contribution < -0.4 is 15.4 Å². The monoisotopic (exact) mass is 370 g/mol. The molecule has 1 aromatic carbocycles. The Kier molecular flexibility index (Phi) is 6.07. The lowest BCUT2D eigenvalue weighted by Gasteiger charge is -2.14. The van der Waals surface area contributed by atoms with Gasteiger partial charge in [0.1, 0.15) is 5.75 Å². The lowest BCUT2D eigenvalue weighted by molar-refractivity contribution is -0.274. The maximum Gasteiger partial charge on any atom is 0.573 e. The molecule has 8 heteroatoms. The highest BCUT2D eigenvalue weighted by Gasteiger charge is 2.31. The van der Waals surface area contributed by atoms with Crippen LogP contribution in [0.3, 0.4) is 0 Å². The maximum atomic E-state index is 12.1. The fourth-order valence-corrected chi connectivity index (χ4v) is 1.92. The van der Waals surface area contributed by atoms with Crippen LogP contribution in [0.25, 0.3) is 0 Å². The number of halogens is 4. The number of hydrogen-bond acceptors (Lipinski definition) is 2. The van der Waals surface area contributed by atoms with E-state index in [-0.39, 0.29) is 10.2 Å². The molecule has 20 heavy (non-hydrogen) atoms. The summed E-state index contributed by atoms with van der Waals surface area (Å²) in [4.78, 5) is 0. The molecule has 112 valence electrons. The molecule has 0 radical (unpaired) electrons. The number of alkyl halides is 3. The van der Waals surface area contributed by atoms with Crippen molar-refractivity contribution in [2.45, 2.75) is 20.2 Å². The van der Waals surface area contributed by atoms with Gasteiger partial charge in [-0.15, -0.1) is 13.2 Å². The molecule has 0 atom stereocenters. The lowest BCUT2D eigenvalue weighted by Crippen LogP contribution is -2.31. The predicted octanol–water partition coefficient (Wildman–Crippen LogP) is 4.29. The Hall–Kier alpha value is -1.02. The van der Waals surface area contributed by atoms with Crippen molar-refractivity contribution >= 4 is 38.9 Å². The van der Waals surface area contributed by atoms with Gasteiger partial charge in [0.15, 0.2) is 5.11 Å². The number of rotatable bonds is 4. The van der Waals surface area contributed by atoms with Gasteiger partial charge >= 0.3 is 6.36 Å². The van der Waals surface area contributed by atoms with Crippen LogP contribution in [0.5, 0.6) is 5.75 Å². The molecule has 0 aliphatic carbocycles. The SMILES string of the molecule is CC(C)CNC(=S)Nc1ccc(OC(F)(F)F)c(Br)c1. The Morgan fingerprint density at radius 2 is 2.05 bits per heavy atom. The van der Waals surface area contributed by atoms with E-state index in [4.69, 9.17) is 12.2 Å². The molecule has 0 spiro atoms. The van der Waals surface area contributed by atoms with Crippen molar-refractivity contribution in [1.29, 1.82) is 0 Å².